The van der Waals surface area contributed by atoms with Gasteiger partial charge < -0.3 is 15.7 Å². The monoisotopic (exact) mass is 228 g/mol. The van der Waals surface area contributed by atoms with E-state index < -0.39 is 0 Å². The van der Waals surface area contributed by atoms with E-state index in [1.54, 1.807) is 0 Å². The van der Waals surface area contributed by atoms with E-state index >= 15 is 0 Å². The number of rotatable bonds is 7. The van der Waals surface area contributed by atoms with E-state index in [1.165, 1.54) is 0 Å². The zero-order valence-electron chi connectivity index (χ0n) is 10.5. The normalized spacial score (nSPS) is 19.6. The number of carbonyl (C=O) groups is 1. The molecule has 2 atom stereocenters. The van der Waals surface area contributed by atoms with Crippen molar-refractivity contribution in [2.24, 2.45) is 5.92 Å². The highest BCUT2D eigenvalue weighted by molar-refractivity contribution is 5.81. The van der Waals surface area contributed by atoms with Crippen molar-refractivity contribution in [1.82, 2.24) is 10.6 Å². The molecular weight excluding hydrogens is 204 g/mol. The summed E-state index contributed by atoms with van der Waals surface area (Å²) in [5, 5.41) is 15.6. The van der Waals surface area contributed by atoms with Crippen molar-refractivity contribution in [3.05, 3.63) is 0 Å². The first-order chi connectivity index (χ1) is 7.49. The fourth-order valence-electron chi connectivity index (χ4n) is 1.59. The topological polar surface area (TPSA) is 61.4 Å². The lowest BCUT2D eigenvalue weighted by molar-refractivity contribution is -0.123. The second-order valence-electron chi connectivity index (χ2n) is 5.20. The van der Waals surface area contributed by atoms with Gasteiger partial charge in [-0.15, -0.1) is 0 Å². The van der Waals surface area contributed by atoms with E-state index in [9.17, 15) is 9.90 Å². The van der Waals surface area contributed by atoms with Crippen LogP contribution in [0.4, 0.5) is 0 Å². The maximum atomic E-state index is 11.6. The van der Waals surface area contributed by atoms with Gasteiger partial charge in [0.1, 0.15) is 0 Å². The molecular formula is C12H24N2O2. The van der Waals surface area contributed by atoms with Gasteiger partial charge >= 0.3 is 0 Å². The number of amides is 1. The summed E-state index contributed by atoms with van der Waals surface area (Å²) >= 11 is 0. The lowest BCUT2D eigenvalue weighted by atomic mass is 10.1. The van der Waals surface area contributed by atoms with Gasteiger partial charge in [-0.05, 0) is 32.1 Å². The zero-order chi connectivity index (χ0) is 12.1. The van der Waals surface area contributed by atoms with E-state index in [4.69, 9.17) is 0 Å². The van der Waals surface area contributed by atoms with Gasteiger partial charge in [-0.2, -0.15) is 0 Å². The molecule has 2 unspecified atom stereocenters. The third-order valence-corrected chi connectivity index (χ3v) is 2.72. The molecule has 16 heavy (non-hydrogen) atoms. The molecule has 0 bridgehead atoms. The average molecular weight is 228 g/mol. The fourth-order valence-corrected chi connectivity index (χ4v) is 1.59. The minimum atomic E-state index is -0.365. The summed E-state index contributed by atoms with van der Waals surface area (Å²) < 4.78 is 0. The highest BCUT2D eigenvalue weighted by Crippen LogP contribution is 2.18. The quantitative estimate of drug-likeness (QED) is 0.599. The highest BCUT2D eigenvalue weighted by atomic mass is 16.3. The summed E-state index contributed by atoms with van der Waals surface area (Å²) in [6, 6.07) is 0.180. The minimum Gasteiger partial charge on any atom is -0.392 e. The second-order valence-corrected chi connectivity index (χ2v) is 5.20. The summed E-state index contributed by atoms with van der Waals surface area (Å²) in [7, 11) is 0. The molecule has 0 aliphatic heterocycles. The summed E-state index contributed by atoms with van der Waals surface area (Å²) in [4.78, 5) is 11.6. The Morgan fingerprint density at radius 1 is 1.38 bits per heavy atom. The predicted octanol–water partition coefficient (Wildman–Crippen LogP) is 0.650. The SMILES string of the molecule is CC(C)CC(O)CNC(C)C(=O)NC1CC1. The molecule has 4 nitrogen and oxygen atoms in total. The molecule has 1 fully saturated rings. The lowest BCUT2D eigenvalue weighted by Gasteiger charge is -2.18. The van der Waals surface area contributed by atoms with E-state index in [0.717, 1.165) is 19.3 Å². The standard InChI is InChI=1S/C12H24N2O2/c1-8(2)6-11(15)7-13-9(3)12(16)14-10-4-5-10/h8-11,13,15H,4-7H2,1-3H3,(H,14,16). The van der Waals surface area contributed by atoms with E-state index in [0.29, 0.717) is 18.5 Å². The van der Waals surface area contributed by atoms with E-state index in [1.807, 2.05) is 6.92 Å². The van der Waals surface area contributed by atoms with E-state index in [2.05, 4.69) is 24.5 Å². The second kappa shape index (κ2) is 6.21. The van der Waals surface area contributed by atoms with Gasteiger partial charge in [0.05, 0.1) is 12.1 Å². The largest absolute Gasteiger partial charge is 0.392 e. The molecule has 0 aromatic heterocycles. The third kappa shape index (κ3) is 5.47. The first kappa shape index (κ1) is 13.5. The molecule has 0 aromatic rings. The van der Waals surface area contributed by atoms with Gasteiger partial charge in [0.15, 0.2) is 0 Å². The van der Waals surface area contributed by atoms with Crippen LogP contribution in [0.2, 0.25) is 0 Å². The lowest BCUT2D eigenvalue weighted by Crippen LogP contribution is -2.45. The Morgan fingerprint density at radius 2 is 2.00 bits per heavy atom. The average Bonchev–Trinajstić information content (AvgIpc) is 2.96. The van der Waals surface area contributed by atoms with Crippen molar-refractivity contribution in [3.63, 3.8) is 0 Å². The first-order valence-electron chi connectivity index (χ1n) is 6.21. The Kier molecular flexibility index (Phi) is 5.22. The van der Waals surface area contributed by atoms with Gasteiger partial charge in [-0.25, -0.2) is 0 Å². The van der Waals surface area contributed by atoms with Crippen LogP contribution in [0.15, 0.2) is 0 Å². The third-order valence-electron chi connectivity index (χ3n) is 2.72. The molecule has 0 radical (unpaired) electrons. The van der Waals surface area contributed by atoms with Crippen molar-refractivity contribution in [2.75, 3.05) is 6.54 Å². The molecule has 0 saturated heterocycles. The van der Waals surface area contributed by atoms with Crippen LogP contribution in [-0.2, 0) is 4.79 Å². The zero-order valence-corrected chi connectivity index (χ0v) is 10.5. The molecule has 1 amide bonds. The predicted molar refractivity (Wildman–Crippen MR) is 64.1 cm³/mol. The van der Waals surface area contributed by atoms with Gasteiger partial charge in [0.25, 0.3) is 0 Å². The van der Waals surface area contributed by atoms with Crippen molar-refractivity contribution < 1.29 is 9.90 Å². The van der Waals surface area contributed by atoms with Gasteiger partial charge in [-0.3, -0.25) is 4.79 Å². The molecule has 1 rings (SSSR count). The van der Waals surface area contributed by atoms with Crippen molar-refractivity contribution in [3.8, 4) is 0 Å². The van der Waals surface area contributed by atoms with Crippen LogP contribution in [0.1, 0.15) is 40.0 Å². The van der Waals surface area contributed by atoms with Crippen LogP contribution < -0.4 is 10.6 Å². The molecule has 4 heteroatoms. The number of nitrogens with one attached hydrogen (secondary N) is 2. The van der Waals surface area contributed by atoms with Crippen molar-refractivity contribution in [2.45, 2.75) is 58.2 Å². The van der Waals surface area contributed by atoms with Crippen LogP contribution in [0, 0.1) is 5.92 Å². The number of aliphatic hydroxyl groups excluding tert-OH is 1. The Bertz CT molecular complexity index is 227. The summed E-state index contributed by atoms with van der Waals surface area (Å²) in [5.41, 5.74) is 0. The van der Waals surface area contributed by atoms with Crippen LogP contribution in [0.5, 0.6) is 0 Å². The smallest absolute Gasteiger partial charge is 0.237 e. The summed E-state index contributed by atoms with van der Waals surface area (Å²) in [5.74, 6) is 0.520. The molecule has 94 valence electrons. The van der Waals surface area contributed by atoms with Crippen molar-refractivity contribution in [1.29, 1.82) is 0 Å². The Hall–Kier alpha value is -0.610. The fraction of sp³-hybridized carbons (Fsp3) is 0.917. The number of aliphatic hydroxyl groups is 1. The van der Waals surface area contributed by atoms with Crippen LogP contribution in [-0.4, -0.2) is 35.7 Å². The Balaban J connectivity index is 2.12. The maximum absolute atomic E-state index is 11.6. The first-order valence-corrected chi connectivity index (χ1v) is 6.21. The van der Waals surface area contributed by atoms with E-state index in [-0.39, 0.29) is 18.1 Å². The minimum absolute atomic E-state index is 0.0410. The molecule has 0 aromatic carbocycles. The number of hydrogen-bond acceptors (Lipinski definition) is 3. The maximum Gasteiger partial charge on any atom is 0.237 e. The Morgan fingerprint density at radius 3 is 2.50 bits per heavy atom. The van der Waals surface area contributed by atoms with Gasteiger partial charge in [-0.1, -0.05) is 13.8 Å². The highest BCUT2D eigenvalue weighted by Gasteiger charge is 2.25. The Labute approximate surface area is 97.8 Å². The molecule has 3 N–H and O–H groups in total. The molecule has 1 aliphatic rings. The van der Waals surface area contributed by atoms with Crippen LogP contribution in [0.25, 0.3) is 0 Å². The van der Waals surface area contributed by atoms with Crippen LogP contribution in [0.3, 0.4) is 0 Å². The van der Waals surface area contributed by atoms with Gasteiger partial charge in [0, 0.05) is 12.6 Å². The van der Waals surface area contributed by atoms with Gasteiger partial charge in [0.2, 0.25) is 5.91 Å². The van der Waals surface area contributed by atoms with Crippen LogP contribution >= 0.6 is 0 Å². The molecule has 1 aliphatic carbocycles. The molecule has 0 heterocycles. The summed E-state index contributed by atoms with van der Waals surface area (Å²) in [6.07, 6.45) is 2.61. The molecule has 1 saturated carbocycles. The van der Waals surface area contributed by atoms with Crippen molar-refractivity contribution >= 4 is 5.91 Å². The number of carbonyl (C=O) groups excluding carboxylic acids is 1. The molecule has 0 spiro atoms. The summed E-state index contributed by atoms with van der Waals surface area (Å²) in [6.45, 7) is 6.47. The number of hydrogen-bond donors (Lipinski definition) is 3.